The van der Waals surface area contributed by atoms with E-state index in [2.05, 4.69) is 0 Å². The minimum absolute atomic E-state index is 0.00454. The molecule has 0 bridgehead atoms. The molecule has 0 N–H and O–H groups in total. The number of benzene rings is 2. The lowest BCUT2D eigenvalue weighted by molar-refractivity contribution is -0.384. The number of thiocarbonyl (C=S) groups is 1. The van der Waals surface area contributed by atoms with E-state index >= 15 is 0 Å². The number of carbonyl (C=O) groups excluding carboxylic acids is 1. The van der Waals surface area contributed by atoms with E-state index in [1.165, 1.54) is 31.0 Å². The number of rotatable bonds is 8. The van der Waals surface area contributed by atoms with Crippen molar-refractivity contribution in [2.24, 2.45) is 0 Å². The fourth-order valence-corrected chi connectivity index (χ4v) is 5.18. The molecule has 2 saturated heterocycles. The molecule has 2 aromatic rings. The summed E-state index contributed by atoms with van der Waals surface area (Å²) in [4.78, 5) is 25.3. The number of nitro benzene ring substituents is 1. The van der Waals surface area contributed by atoms with E-state index in [4.69, 9.17) is 38.0 Å². The molecular weight excluding hydrogens is 500 g/mol. The Kier molecular flexibility index (Phi) is 7.72. The zero-order chi connectivity index (χ0) is 24.2. The van der Waals surface area contributed by atoms with Gasteiger partial charge in [-0.2, -0.15) is 0 Å². The highest BCUT2D eigenvalue weighted by Crippen LogP contribution is 2.39. The van der Waals surface area contributed by atoms with E-state index in [0.29, 0.717) is 44.5 Å². The molecule has 2 aromatic carbocycles. The lowest BCUT2D eigenvalue weighted by Gasteiger charge is -2.18. The molecule has 34 heavy (non-hydrogen) atoms. The first-order valence-electron chi connectivity index (χ1n) is 10.5. The zero-order valence-corrected chi connectivity index (χ0v) is 20.6. The van der Waals surface area contributed by atoms with E-state index in [0.717, 1.165) is 18.4 Å². The van der Waals surface area contributed by atoms with Crippen molar-refractivity contribution in [3.05, 3.63) is 67.6 Å². The molecule has 11 heteroatoms. The number of non-ortho nitro benzene ring substituents is 1. The van der Waals surface area contributed by atoms with Gasteiger partial charge < -0.3 is 14.2 Å². The molecule has 0 spiro atoms. The van der Waals surface area contributed by atoms with Gasteiger partial charge in [0.2, 0.25) is 0 Å². The number of thioether (sulfide) groups is 1. The number of carbonyl (C=O) groups is 1. The fraction of sp³-hybridized carbons (Fsp3) is 0.304. The molecule has 4 rings (SSSR count). The van der Waals surface area contributed by atoms with Crippen molar-refractivity contribution in [2.75, 3.05) is 20.3 Å². The minimum Gasteiger partial charge on any atom is -0.493 e. The number of amides is 1. The Morgan fingerprint density at radius 1 is 1.35 bits per heavy atom. The van der Waals surface area contributed by atoms with Gasteiger partial charge in [0.15, 0.2) is 11.5 Å². The summed E-state index contributed by atoms with van der Waals surface area (Å²) in [6, 6.07) is 9.47. The Hall–Kier alpha value is -2.66. The largest absolute Gasteiger partial charge is 0.493 e. The summed E-state index contributed by atoms with van der Waals surface area (Å²) in [6.07, 6.45) is 3.66. The summed E-state index contributed by atoms with van der Waals surface area (Å²) in [6.45, 7) is 1.32. The van der Waals surface area contributed by atoms with Crippen LogP contribution in [0.1, 0.15) is 24.0 Å². The van der Waals surface area contributed by atoms with Crippen LogP contribution in [0.15, 0.2) is 41.3 Å². The quantitative estimate of drug-likeness (QED) is 0.202. The highest BCUT2D eigenvalue weighted by Gasteiger charge is 2.34. The maximum atomic E-state index is 12.9. The van der Waals surface area contributed by atoms with Gasteiger partial charge in [0.25, 0.3) is 11.6 Å². The second-order valence-corrected chi connectivity index (χ2v) is 9.76. The SMILES string of the molecule is COc1cc(/C=C2\SC(=S)N(C[C@@H]3CCCO3)C2=O)cc(Cl)c1OCc1ccc([N+](=O)[O-])cc1. The molecule has 1 atom stereocenters. The minimum atomic E-state index is -0.459. The summed E-state index contributed by atoms with van der Waals surface area (Å²) in [5.41, 5.74) is 1.41. The third-order valence-electron chi connectivity index (χ3n) is 5.36. The third kappa shape index (κ3) is 5.52. The predicted octanol–water partition coefficient (Wildman–Crippen LogP) is 5.22. The van der Waals surface area contributed by atoms with Gasteiger partial charge in [0.05, 0.1) is 34.6 Å². The van der Waals surface area contributed by atoms with Gasteiger partial charge in [-0.15, -0.1) is 0 Å². The van der Waals surface area contributed by atoms with Crippen molar-refractivity contribution >= 4 is 57.6 Å². The summed E-state index contributed by atoms with van der Waals surface area (Å²) < 4.78 is 17.4. The number of nitro groups is 1. The molecule has 0 aliphatic carbocycles. The Bertz CT molecular complexity index is 1150. The molecule has 2 aliphatic rings. The van der Waals surface area contributed by atoms with Gasteiger partial charge in [0, 0.05) is 18.7 Å². The van der Waals surface area contributed by atoms with Crippen LogP contribution >= 0.6 is 35.6 Å². The Morgan fingerprint density at radius 2 is 2.12 bits per heavy atom. The van der Waals surface area contributed by atoms with Crippen molar-refractivity contribution < 1.29 is 23.9 Å². The summed E-state index contributed by atoms with van der Waals surface area (Å²) in [5.74, 6) is 0.584. The van der Waals surface area contributed by atoms with Crippen molar-refractivity contribution in [2.45, 2.75) is 25.6 Å². The van der Waals surface area contributed by atoms with Gasteiger partial charge in [-0.25, -0.2) is 0 Å². The molecule has 2 heterocycles. The molecule has 1 amide bonds. The Balaban J connectivity index is 1.48. The van der Waals surface area contributed by atoms with Crippen LogP contribution in [0.25, 0.3) is 6.08 Å². The standard InChI is InChI=1S/C23H21ClN2O6S2/c1-30-19-10-15(11-20-22(27)25(23(33)34-20)12-17-3-2-8-31-17)9-18(24)21(19)32-13-14-4-6-16(7-5-14)26(28)29/h4-7,9-11,17H,2-3,8,12-13H2,1H3/b20-11-/t17-/m0/s1. The number of hydrogen-bond acceptors (Lipinski definition) is 8. The van der Waals surface area contributed by atoms with E-state index < -0.39 is 4.92 Å². The van der Waals surface area contributed by atoms with Crippen molar-refractivity contribution in [3.63, 3.8) is 0 Å². The van der Waals surface area contributed by atoms with Crippen LogP contribution in [0.2, 0.25) is 5.02 Å². The molecular formula is C23H21ClN2O6S2. The van der Waals surface area contributed by atoms with Crippen LogP contribution in [0.4, 0.5) is 5.69 Å². The number of methoxy groups -OCH3 is 1. The normalized spacial score (nSPS) is 19.2. The number of ether oxygens (including phenoxy) is 3. The highest BCUT2D eigenvalue weighted by molar-refractivity contribution is 8.26. The lowest BCUT2D eigenvalue weighted by Crippen LogP contribution is -2.35. The Labute approximate surface area is 211 Å². The van der Waals surface area contributed by atoms with E-state index in [1.54, 1.807) is 35.2 Å². The molecule has 2 fully saturated rings. The summed E-state index contributed by atoms with van der Waals surface area (Å²) >= 11 is 13.1. The van der Waals surface area contributed by atoms with Crippen LogP contribution in [0, 0.1) is 10.1 Å². The third-order valence-corrected chi connectivity index (χ3v) is 7.02. The van der Waals surface area contributed by atoms with Crippen molar-refractivity contribution in [3.8, 4) is 11.5 Å². The molecule has 0 aromatic heterocycles. The maximum absolute atomic E-state index is 12.9. The summed E-state index contributed by atoms with van der Waals surface area (Å²) in [7, 11) is 1.50. The van der Waals surface area contributed by atoms with Gasteiger partial charge >= 0.3 is 0 Å². The molecule has 2 aliphatic heterocycles. The zero-order valence-electron chi connectivity index (χ0n) is 18.2. The molecule has 0 unspecified atom stereocenters. The van der Waals surface area contributed by atoms with Crippen molar-refractivity contribution in [1.82, 2.24) is 4.90 Å². The first kappa shape index (κ1) is 24.5. The number of hydrogen-bond donors (Lipinski definition) is 0. The lowest BCUT2D eigenvalue weighted by atomic mass is 10.1. The average molecular weight is 521 g/mol. The first-order valence-corrected chi connectivity index (χ1v) is 12.1. The van der Waals surface area contributed by atoms with Crippen LogP contribution in [0.3, 0.4) is 0 Å². The second kappa shape index (κ2) is 10.7. The fourth-order valence-electron chi connectivity index (χ4n) is 3.63. The second-order valence-electron chi connectivity index (χ2n) is 7.67. The van der Waals surface area contributed by atoms with Gasteiger partial charge in [0.1, 0.15) is 10.9 Å². The van der Waals surface area contributed by atoms with Gasteiger partial charge in [-0.05, 0) is 54.3 Å². The topological polar surface area (TPSA) is 91.1 Å². The summed E-state index contributed by atoms with van der Waals surface area (Å²) in [5, 5.41) is 11.1. The maximum Gasteiger partial charge on any atom is 0.269 e. The first-order chi connectivity index (χ1) is 16.4. The number of halogens is 1. The van der Waals surface area contributed by atoms with Gasteiger partial charge in [-0.3, -0.25) is 19.8 Å². The van der Waals surface area contributed by atoms with Crippen LogP contribution in [0.5, 0.6) is 11.5 Å². The van der Waals surface area contributed by atoms with Crippen molar-refractivity contribution in [1.29, 1.82) is 0 Å². The average Bonchev–Trinajstić information content (AvgIpc) is 3.42. The molecule has 8 nitrogen and oxygen atoms in total. The predicted molar refractivity (Wildman–Crippen MR) is 134 cm³/mol. The van der Waals surface area contributed by atoms with Gasteiger partial charge in [-0.1, -0.05) is 35.6 Å². The smallest absolute Gasteiger partial charge is 0.269 e. The highest BCUT2D eigenvalue weighted by atomic mass is 35.5. The number of nitrogens with zero attached hydrogens (tertiary/aromatic N) is 2. The monoisotopic (exact) mass is 520 g/mol. The van der Waals surface area contributed by atoms with E-state index in [9.17, 15) is 14.9 Å². The Morgan fingerprint density at radius 3 is 2.76 bits per heavy atom. The van der Waals surface area contributed by atoms with E-state index in [-0.39, 0.29) is 24.3 Å². The van der Waals surface area contributed by atoms with Crippen LogP contribution in [-0.2, 0) is 16.1 Å². The van der Waals surface area contributed by atoms with Crippen LogP contribution in [-0.4, -0.2) is 46.4 Å². The van der Waals surface area contributed by atoms with E-state index in [1.807, 2.05) is 0 Å². The van der Waals surface area contributed by atoms with Crippen LogP contribution < -0.4 is 9.47 Å². The molecule has 178 valence electrons. The molecule has 0 radical (unpaired) electrons. The molecule has 0 saturated carbocycles.